The molecule has 0 aliphatic heterocycles. The summed E-state index contributed by atoms with van der Waals surface area (Å²) in [6.45, 7) is 5.67. The third-order valence-electron chi connectivity index (χ3n) is 5.82. The van der Waals surface area contributed by atoms with Gasteiger partial charge in [0.25, 0.3) is 0 Å². The lowest BCUT2D eigenvalue weighted by Gasteiger charge is -2.26. The largest absolute Gasteiger partial charge is 0.496 e. The van der Waals surface area contributed by atoms with Gasteiger partial charge in [-0.15, -0.1) is 0 Å². The van der Waals surface area contributed by atoms with Gasteiger partial charge in [0.1, 0.15) is 17.2 Å². The van der Waals surface area contributed by atoms with E-state index >= 15 is 0 Å². The van der Waals surface area contributed by atoms with Crippen LogP contribution in [0.2, 0.25) is 0 Å². The Bertz CT molecular complexity index is 1070. The molecular formula is C30H39O7P. The summed E-state index contributed by atoms with van der Waals surface area (Å²) in [4.78, 5) is 0. The molecule has 3 rings (SSSR count). The van der Waals surface area contributed by atoms with Crippen molar-refractivity contribution in [3.63, 3.8) is 0 Å². The average molecular weight is 543 g/mol. The van der Waals surface area contributed by atoms with E-state index in [1.807, 2.05) is 36.4 Å². The van der Waals surface area contributed by atoms with Gasteiger partial charge in [-0.25, -0.2) is 0 Å². The van der Waals surface area contributed by atoms with Crippen LogP contribution < -0.4 is 30.1 Å². The van der Waals surface area contributed by atoms with E-state index in [4.69, 9.17) is 33.2 Å². The molecule has 0 radical (unpaired) electrons. The third kappa shape index (κ3) is 8.16. The van der Waals surface area contributed by atoms with Crippen molar-refractivity contribution in [3.8, 4) is 17.2 Å². The monoisotopic (exact) mass is 542 g/mol. The predicted molar refractivity (Wildman–Crippen MR) is 153 cm³/mol. The molecule has 8 heteroatoms. The molecule has 0 fully saturated rings. The highest BCUT2D eigenvalue weighted by atomic mass is 31.1. The van der Waals surface area contributed by atoms with Crippen molar-refractivity contribution in [3.05, 3.63) is 71.8 Å². The van der Waals surface area contributed by atoms with Crippen LogP contribution in [0.5, 0.6) is 17.2 Å². The Morgan fingerprint density at radius 2 is 1.11 bits per heavy atom. The molecule has 0 saturated heterocycles. The molecular weight excluding hydrogens is 503 g/mol. The highest BCUT2D eigenvalue weighted by Gasteiger charge is 2.27. The second kappa shape index (κ2) is 16.3. The van der Waals surface area contributed by atoms with Gasteiger partial charge in [-0.3, -0.25) is 0 Å². The van der Waals surface area contributed by atoms with E-state index in [0.29, 0.717) is 46.2 Å². The lowest BCUT2D eigenvalue weighted by molar-refractivity contribution is 0.000677. The molecule has 0 aromatic heterocycles. The molecule has 206 valence electrons. The minimum atomic E-state index is -1.07. The van der Waals surface area contributed by atoms with Crippen LogP contribution in [0.3, 0.4) is 0 Å². The van der Waals surface area contributed by atoms with Gasteiger partial charge in [0, 0.05) is 28.6 Å². The number of hydrogen-bond acceptors (Lipinski definition) is 7. The van der Waals surface area contributed by atoms with Gasteiger partial charge in [0.15, 0.2) is 0 Å². The number of methoxy groups -OCH3 is 4. The fourth-order valence-corrected chi connectivity index (χ4v) is 6.91. The number of rotatable bonds is 17. The average Bonchev–Trinajstić information content (AvgIpc) is 2.94. The van der Waals surface area contributed by atoms with Crippen molar-refractivity contribution in [1.82, 2.24) is 0 Å². The maximum atomic E-state index is 6.04. The van der Waals surface area contributed by atoms with Crippen LogP contribution >= 0.6 is 7.92 Å². The summed E-state index contributed by atoms with van der Waals surface area (Å²) in [5.74, 6) is 2.47. The fraction of sp³-hybridized carbons (Fsp3) is 0.400. The van der Waals surface area contributed by atoms with Gasteiger partial charge >= 0.3 is 0 Å². The summed E-state index contributed by atoms with van der Waals surface area (Å²) in [7, 11) is 5.70. The molecule has 0 unspecified atom stereocenters. The molecule has 38 heavy (non-hydrogen) atoms. The van der Waals surface area contributed by atoms with Gasteiger partial charge in [0.2, 0.25) is 0 Å². The maximum Gasteiger partial charge on any atom is 0.132 e. The molecule has 3 aromatic rings. The zero-order valence-corrected chi connectivity index (χ0v) is 23.9. The molecule has 0 spiro atoms. The molecule has 7 nitrogen and oxygen atoms in total. The summed E-state index contributed by atoms with van der Waals surface area (Å²) in [5.41, 5.74) is 2.11. The number of hydrogen-bond donors (Lipinski definition) is 0. The molecule has 0 bridgehead atoms. The van der Waals surface area contributed by atoms with Crippen molar-refractivity contribution in [2.24, 2.45) is 0 Å². The Kier molecular flexibility index (Phi) is 12.8. The molecule has 0 atom stereocenters. The van der Waals surface area contributed by atoms with Crippen LogP contribution in [0.4, 0.5) is 0 Å². The van der Waals surface area contributed by atoms with Crippen molar-refractivity contribution in [2.75, 3.05) is 68.1 Å². The number of benzene rings is 3. The molecule has 3 aromatic carbocycles. The van der Waals surface area contributed by atoms with Crippen LogP contribution in [0, 0.1) is 6.92 Å². The standard InChI is InChI=1S/C30H39O7P/c1-23-20-24(22-37-19-18-36-17-16-35-15-14-31-2)30(34-5)29(21-23)38(27-12-8-6-10-25(27)32-3)28-13-9-7-11-26(28)33-4/h6-13,20-21H,14-19,22H2,1-5H3. The van der Waals surface area contributed by atoms with Crippen molar-refractivity contribution < 1.29 is 33.2 Å². The third-order valence-corrected chi connectivity index (χ3v) is 8.34. The first kappa shape index (κ1) is 29.9. The SMILES string of the molecule is COCCOCCOCCOCc1cc(C)cc(P(c2ccccc2OC)c2ccccc2OC)c1OC. The smallest absolute Gasteiger partial charge is 0.132 e. The van der Waals surface area contributed by atoms with Crippen LogP contribution in [0.25, 0.3) is 0 Å². The molecule has 0 heterocycles. The molecule has 0 N–H and O–H groups in total. The summed E-state index contributed by atoms with van der Waals surface area (Å²) < 4.78 is 39.6. The molecule has 0 aliphatic rings. The highest BCUT2D eigenvalue weighted by Crippen LogP contribution is 2.43. The normalized spacial score (nSPS) is 11.1. The lowest BCUT2D eigenvalue weighted by atomic mass is 10.1. The zero-order valence-electron chi connectivity index (χ0n) is 23.0. The minimum absolute atomic E-state index is 0.409. The van der Waals surface area contributed by atoms with Crippen molar-refractivity contribution >= 4 is 23.8 Å². The second-order valence-electron chi connectivity index (χ2n) is 8.43. The van der Waals surface area contributed by atoms with E-state index in [1.165, 1.54) is 0 Å². The first-order chi connectivity index (χ1) is 18.6. The zero-order chi connectivity index (χ0) is 27.2. The van der Waals surface area contributed by atoms with Crippen molar-refractivity contribution in [1.29, 1.82) is 0 Å². The van der Waals surface area contributed by atoms with Crippen LogP contribution in [-0.2, 0) is 25.6 Å². The van der Waals surface area contributed by atoms with Crippen LogP contribution in [0.1, 0.15) is 11.1 Å². The van der Waals surface area contributed by atoms with Gasteiger partial charge < -0.3 is 33.2 Å². The summed E-state index contributed by atoms with van der Waals surface area (Å²) >= 11 is 0. The number of aryl methyl sites for hydroxylation is 1. The minimum Gasteiger partial charge on any atom is -0.496 e. The maximum absolute atomic E-state index is 6.04. The topological polar surface area (TPSA) is 64.6 Å². The van der Waals surface area contributed by atoms with E-state index in [2.05, 4.69) is 31.2 Å². The van der Waals surface area contributed by atoms with Gasteiger partial charge in [-0.05, 0) is 38.6 Å². The summed E-state index contributed by atoms with van der Waals surface area (Å²) in [5, 5.41) is 3.26. The second-order valence-corrected chi connectivity index (χ2v) is 10.5. The number of ether oxygens (including phenoxy) is 7. The van der Waals surface area contributed by atoms with E-state index in [9.17, 15) is 0 Å². The lowest BCUT2D eigenvalue weighted by Crippen LogP contribution is -2.25. The summed E-state index contributed by atoms with van der Waals surface area (Å²) in [6, 6.07) is 20.6. The van der Waals surface area contributed by atoms with E-state index in [0.717, 1.165) is 44.3 Å². The predicted octanol–water partition coefficient (Wildman–Crippen LogP) is 3.98. The van der Waals surface area contributed by atoms with E-state index in [-0.39, 0.29) is 0 Å². The Labute approximate surface area is 227 Å². The van der Waals surface area contributed by atoms with Gasteiger partial charge in [-0.2, -0.15) is 0 Å². The molecule has 0 aliphatic carbocycles. The Morgan fingerprint density at radius 3 is 1.63 bits per heavy atom. The highest BCUT2D eigenvalue weighted by molar-refractivity contribution is 7.80. The fourth-order valence-electron chi connectivity index (χ4n) is 4.12. The number of para-hydroxylation sites is 2. The Morgan fingerprint density at radius 1 is 0.579 bits per heavy atom. The Balaban J connectivity index is 1.85. The Hall–Kier alpha value is -2.67. The summed E-state index contributed by atoms with van der Waals surface area (Å²) in [6.07, 6.45) is 0. The van der Waals surface area contributed by atoms with Gasteiger partial charge in [-0.1, -0.05) is 42.5 Å². The first-order valence-electron chi connectivity index (χ1n) is 12.6. The van der Waals surface area contributed by atoms with Crippen LogP contribution in [-0.4, -0.2) is 68.1 Å². The van der Waals surface area contributed by atoms with Crippen molar-refractivity contribution in [2.45, 2.75) is 13.5 Å². The molecule has 0 saturated carbocycles. The van der Waals surface area contributed by atoms with E-state index < -0.39 is 7.92 Å². The van der Waals surface area contributed by atoms with Gasteiger partial charge in [0.05, 0.1) is 67.6 Å². The first-order valence-corrected chi connectivity index (χ1v) is 13.9. The van der Waals surface area contributed by atoms with E-state index in [1.54, 1.807) is 28.4 Å². The quantitative estimate of drug-likeness (QED) is 0.189. The van der Waals surface area contributed by atoms with Crippen LogP contribution in [0.15, 0.2) is 60.7 Å². The molecule has 0 amide bonds.